The molecule has 0 bridgehead atoms. The molecule has 0 aliphatic heterocycles. The number of nitrogens with zero attached hydrogens (tertiary/aromatic N) is 2. The number of alkyl halides is 3. The van der Waals surface area contributed by atoms with E-state index >= 15 is 0 Å². The van der Waals surface area contributed by atoms with E-state index in [2.05, 4.69) is 4.98 Å². The van der Waals surface area contributed by atoms with Crippen LogP contribution in [0.15, 0.2) is 60.9 Å². The van der Waals surface area contributed by atoms with Crippen molar-refractivity contribution < 1.29 is 18.0 Å². The van der Waals surface area contributed by atoms with Gasteiger partial charge in [-0.2, -0.15) is 13.2 Å². The lowest BCUT2D eigenvalue weighted by Crippen LogP contribution is -2.13. The van der Waals surface area contributed by atoms with Gasteiger partial charge in [0.15, 0.2) is 5.78 Å². The number of ketones is 1. The van der Waals surface area contributed by atoms with Crippen LogP contribution in [0.4, 0.5) is 13.2 Å². The number of hydrogen-bond donors (Lipinski definition) is 0. The summed E-state index contributed by atoms with van der Waals surface area (Å²) < 4.78 is 41.0. The number of hydrogen-bond acceptors (Lipinski definition) is 2. The summed E-state index contributed by atoms with van der Waals surface area (Å²) in [6.45, 7) is 0. The number of halogens is 3. The normalized spacial score (nSPS) is 11.5. The van der Waals surface area contributed by atoms with E-state index in [-0.39, 0.29) is 11.1 Å². The average molecular weight is 330 g/mol. The minimum absolute atomic E-state index is 0.199. The Labute approximate surface area is 136 Å². The Hall–Kier alpha value is -2.89. The standard InChI is InChI=1S/C18H13F3N2O/c1-23-11-10-22-17(23)13-8-6-12(7-9-13)16(24)14-4-2-3-5-15(14)18(19,20)21/h2-11H,1H3. The number of carbonyl (C=O) groups excluding carboxylic acids is 1. The smallest absolute Gasteiger partial charge is 0.334 e. The van der Waals surface area contributed by atoms with Crippen molar-refractivity contribution >= 4 is 5.78 Å². The van der Waals surface area contributed by atoms with E-state index in [1.165, 1.54) is 30.3 Å². The molecular weight excluding hydrogens is 317 g/mol. The highest BCUT2D eigenvalue weighted by Crippen LogP contribution is 2.33. The predicted molar refractivity (Wildman–Crippen MR) is 83.5 cm³/mol. The van der Waals surface area contributed by atoms with Gasteiger partial charge >= 0.3 is 6.18 Å². The summed E-state index contributed by atoms with van der Waals surface area (Å²) in [7, 11) is 1.83. The van der Waals surface area contributed by atoms with Crippen molar-refractivity contribution in [1.82, 2.24) is 9.55 Å². The summed E-state index contributed by atoms with van der Waals surface area (Å²) in [6.07, 6.45) is -1.14. The zero-order valence-corrected chi connectivity index (χ0v) is 12.7. The summed E-state index contributed by atoms with van der Waals surface area (Å²) in [5.41, 5.74) is -0.300. The molecule has 0 fully saturated rings. The second-order valence-corrected chi connectivity index (χ2v) is 5.31. The van der Waals surface area contributed by atoms with Crippen molar-refractivity contribution in [2.45, 2.75) is 6.18 Å². The van der Waals surface area contributed by atoms with Gasteiger partial charge in [-0.3, -0.25) is 4.79 Å². The molecule has 0 atom stereocenters. The molecule has 3 aromatic rings. The van der Waals surface area contributed by atoms with E-state index in [0.717, 1.165) is 11.6 Å². The summed E-state index contributed by atoms with van der Waals surface area (Å²) >= 11 is 0. The molecule has 24 heavy (non-hydrogen) atoms. The molecule has 1 heterocycles. The van der Waals surface area contributed by atoms with Crippen molar-refractivity contribution in [2.75, 3.05) is 0 Å². The van der Waals surface area contributed by atoms with Crippen molar-refractivity contribution in [3.8, 4) is 11.4 Å². The minimum atomic E-state index is -4.57. The fraction of sp³-hybridized carbons (Fsp3) is 0.111. The molecular formula is C18H13F3N2O. The van der Waals surface area contributed by atoms with Gasteiger partial charge in [-0.25, -0.2) is 4.98 Å². The van der Waals surface area contributed by atoms with Gasteiger partial charge in [0, 0.05) is 36.1 Å². The molecule has 0 unspecified atom stereocenters. The van der Waals surface area contributed by atoms with Gasteiger partial charge < -0.3 is 4.57 Å². The monoisotopic (exact) mass is 330 g/mol. The minimum Gasteiger partial charge on any atom is -0.334 e. The highest BCUT2D eigenvalue weighted by Gasteiger charge is 2.34. The molecule has 0 amide bonds. The summed E-state index contributed by atoms with van der Waals surface area (Å²) in [5.74, 6) is 0.0546. The van der Waals surface area contributed by atoms with Gasteiger partial charge in [0.05, 0.1) is 5.56 Å². The number of carbonyl (C=O) groups is 1. The average Bonchev–Trinajstić information content (AvgIpc) is 2.99. The van der Waals surface area contributed by atoms with Crippen molar-refractivity contribution in [2.24, 2.45) is 7.05 Å². The zero-order valence-electron chi connectivity index (χ0n) is 12.7. The Balaban J connectivity index is 1.96. The lowest BCUT2D eigenvalue weighted by atomic mass is 9.97. The van der Waals surface area contributed by atoms with Crippen LogP contribution in [0.2, 0.25) is 0 Å². The maximum atomic E-state index is 13.1. The lowest BCUT2D eigenvalue weighted by Gasteiger charge is -2.12. The SMILES string of the molecule is Cn1ccnc1-c1ccc(C(=O)c2ccccc2C(F)(F)F)cc1. The first-order valence-corrected chi connectivity index (χ1v) is 7.16. The van der Waals surface area contributed by atoms with Gasteiger partial charge in [0.1, 0.15) is 5.82 Å². The Bertz CT molecular complexity index is 880. The third kappa shape index (κ3) is 2.95. The highest BCUT2D eigenvalue weighted by atomic mass is 19.4. The van der Waals surface area contributed by atoms with Gasteiger partial charge in [-0.15, -0.1) is 0 Å². The van der Waals surface area contributed by atoms with Crippen LogP contribution >= 0.6 is 0 Å². The molecule has 6 heteroatoms. The summed E-state index contributed by atoms with van der Waals surface area (Å²) in [6, 6.07) is 11.2. The zero-order chi connectivity index (χ0) is 17.3. The van der Waals surface area contributed by atoms with Crippen molar-refractivity contribution in [1.29, 1.82) is 0 Å². The molecule has 0 aliphatic rings. The third-order valence-corrected chi connectivity index (χ3v) is 3.70. The molecule has 0 spiro atoms. The largest absolute Gasteiger partial charge is 0.417 e. The molecule has 0 radical (unpaired) electrons. The molecule has 3 rings (SSSR count). The first kappa shape index (κ1) is 16.0. The third-order valence-electron chi connectivity index (χ3n) is 3.70. The lowest BCUT2D eigenvalue weighted by molar-refractivity contribution is -0.137. The molecule has 122 valence electrons. The van der Waals surface area contributed by atoms with E-state index in [4.69, 9.17) is 0 Å². The van der Waals surface area contributed by atoms with Crippen LogP contribution < -0.4 is 0 Å². The predicted octanol–water partition coefficient (Wildman–Crippen LogP) is 4.34. The second-order valence-electron chi connectivity index (χ2n) is 5.31. The quantitative estimate of drug-likeness (QED) is 0.670. The van der Waals surface area contributed by atoms with Crippen LogP contribution in [0.1, 0.15) is 21.5 Å². The van der Waals surface area contributed by atoms with Crippen LogP contribution in [-0.2, 0) is 13.2 Å². The van der Waals surface area contributed by atoms with E-state index in [0.29, 0.717) is 5.82 Å². The maximum absolute atomic E-state index is 13.1. The van der Waals surface area contributed by atoms with Gasteiger partial charge in [-0.05, 0) is 6.07 Å². The Morgan fingerprint density at radius 1 is 1.04 bits per heavy atom. The molecule has 2 aromatic carbocycles. The van der Waals surface area contributed by atoms with E-state index in [9.17, 15) is 18.0 Å². The number of rotatable bonds is 3. The van der Waals surface area contributed by atoms with Crippen molar-refractivity contribution in [3.63, 3.8) is 0 Å². The topological polar surface area (TPSA) is 34.9 Å². The van der Waals surface area contributed by atoms with Gasteiger partial charge in [-0.1, -0.05) is 42.5 Å². The molecule has 3 nitrogen and oxygen atoms in total. The Morgan fingerprint density at radius 3 is 2.29 bits per heavy atom. The van der Waals surface area contributed by atoms with E-state index < -0.39 is 17.5 Å². The van der Waals surface area contributed by atoms with E-state index in [1.54, 1.807) is 24.5 Å². The molecule has 1 aromatic heterocycles. The molecule has 0 N–H and O–H groups in total. The fourth-order valence-corrected chi connectivity index (χ4v) is 2.50. The van der Waals surface area contributed by atoms with Crippen LogP contribution in [0.5, 0.6) is 0 Å². The highest BCUT2D eigenvalue weighted by molar-refractivity contribution is 6.10. The number of aromatic nitrogens is 2. The van der Waals surface area contributed by atoms with Crippen LogP contribution in [0, 0.1) is 0 Å². The number of benzene rings is 2. The Morgan fingerprint density at radius 2 is 1.71 bits per heavy atom. The first-order valence-electron chi connectivity index (χ1n) is 7.16. The fourth-order valence-electron chi connectivity index (χ4n) is 2.50. The van der Waals surface area contributed by atoms with E-state index in [1.807, 2.05) is 11.6 Å². The van der Waals surface area contributed by atoms with Crippen LogP contribution in [0.3, 0.4) is 0 Å². The van der Waals surface area contributed by atoms with Crippen LogP contribution in [0.25, 0.3) is 11.4 Å². The summed E-state index contributed by atoms with van der Waals surface area (Å²) in [5, 5.41) is 0. The van der Waals surface area contributed by atoms with Crippen molar-refractivity contribution in [3.05, 3.63) is 77.6 Å². The second kappa shape index (κ2) is 5.96. The first-order chi connectivity index (χ1) is 11.4. The molecule has 0 aliphatic carbocycles. The Kier molecular flexibility index (Phi) is 3.97. The molecule has 0 saturated heterocycles. The molecule has 0 saturated carbocycles. The summed E-state index contributed by atoms with van der Waals surface area (Å²) in [4.78, 5) is 16.7. The number of aryl methyl sites for hydroxylation is 1. The maximum Gasteiger partial charge on any atom is 0.417 e. The number of imidazole rings is 1. The van der Waals surface area contributed by atoms with Crippen LogP contribution in [-0.4, -0.2) is 15.3 Å². The van der Waals surface area contributed by atoms with Gasteiger partial charge in [0.2, 0.25) is 0 Å². The van der Waals surface area contributed by atoms with Gasteiger partial charge in [0.25, 0.3) is 0 Å².